The van der Waals surface area contributed by atoms with E-state index in [2.05, 4.69) is 5.32 Å². The molecular weight excluding hydrogens is 206 g/mol. The minimum atomic E-state index is -0.791. The van der Waals surface area contributed by atoms with Gasteiger partial charge >= 0.3 is 5.97 Å². The maximum Gasteiger partial charge on any atom is 0.321 e. The molecule has 86 valence electrons. The summed E-state index contributed by atoms with van der Waals surface area (Å²) < 4.78 is 5.19. The van der Waals surface area contributed by atoms with Crippen molar-refractivity contribution in [1.82, 2.24) is 5.32 Å². The van der Waals surface area contributed by atoms with Crippen molar-refractivity contribution >= 4 is 5.97 Å². The number of fused-ring (bicyclic) bond motifs is 1. The number of ether oxygens (including phenoxy) is 1. The first-order valence-electron chi connectivity index (χ1n) is 5.24. The van der Waals surface area contributed by atoms with E-state index in [1.165, 1.54) is 0 Å². The zero-order chi connectivity index (χ0) is 11.7. The van der Waals surface area contributed by atoms with Crippen LogP contribution in [0.5, 0.6) is 5.75 Å². The van der Waals surface area contributed by atoms with Gasteiger partial charge in [0.05, 0.1) is 7.11 Å². The highest BCUT2D eigenvalue weighted by Crippen LogP contribution is 2.26. The van der Waals surface area contributed by atoms with Crippen LogP contribution in [0.15, 0.2) is 12.1 Å². The zero-order valence-electron chi connectivity index (χ0n) is 9.41. The zero-order valence-corrected chi connectivity index (χ0v) is 9.41. The van der Waals surface area contributed by atoms with E-state index in [0.717, 1.165) is 22.4 Å². The van der Waals surface area contributed by atoms with Gasteiger partial charge in [-0.2, -0.15) is 0 Å². The predicted molar refractivity (Wildman–Crippen MR) is 59.7 cm³/mol. The van der Waals surface area contributed by atoms with E-state index in [4.69, 9.17) is 9.84 Å². The summed E-state index contributed by atoms with van der Waals surface area (Å²) >= 11 is 0. The van der Waals surface area contributed by atoms with E-state index in [9.17, 15) is 4.79 Å². The van der Waals surface area contributed by atoms with Crippen molar-refractivity contribution in [3.63, 3.8) is 0 Å². The van der Waals surface area contributed by atoms with Gasteiger partial charge in [0.15, 0.2) is 0 Å². The summed E-state index contributed by atoms with van der Waals surface area (Å²) in [5, 5.41) is 12.0. The summed E-state index contributed by atoms with van der Waals surface area (Å²) in [6.45, 7) is 2.58. The maximum absolute atomic E-state index is 10.9. The molecule has 0 bridgehead atoms. The number of hydrogen-bond donors (Lipinski definition) is 2. The second kappa shape index (κ2) is 4.14. The molecule has 1 aliphatic rings. The first-order chi connectivity index (χ1) is 7.61. The van der Waals surface area contributed by atoms with Crippen molar-refractivity contribution in [2.24, 2.45) is 0 Å². The third-order valence-electron chi connectivity index (χ3n) is 3.02. The van der Waals surface area contributed by atoms with Gasteiger partial charge < -0.3 is 15.2 Å². The number of aliphatic carboxylic acids is 1. The van der Waals surface area contributed by atoms with Crippen LogP contribution in [-0.2, 0) is 17.8 Å². The van der Waals surface area contributed by atoms with E-state index in [-0.39, 0.29) is 0 Å². The average Bonchev–Trinajstić information content (AvgIpc) is 2.28. The maximum atomic E-state index is 10.9. The van der Waals surface area contributed by atoms with Gasteiger partial charge in [-0.15, -0.1) is 0 Å². The lowest BCUT2D eigenvalue weighted by molar-refractivity contribution is -0.139. The number of carbonyl (C=O) groups is 1. The van der Waals surface area contributed by atoms with Gasteiger partial charge in [-0.25, -0.2) is 0 Å². The fourth-order valence-corrected chi connectivity index (χ4v) is 2.11. The Labute approximate surface area is 94.2 Å². The molecule has 1 unspecified atom stereocenters. The van der Waals surface area contributed by atoms with Gasteiger partial charge in [-0.1, -0.05) is 0 Å². The first-order valence-corrected chi connectivity index (χ1v) is 5.24. The van der Waals surface area contributed by atoms with Crippen LogP contribution in [-0.4, -0.2) is 24.2 Å². The van der Waals surface area contributed by atoms with Crippen LogP contribution in [0.1, 0.15) is 16.7 Å². The number of benzene rings is 1. The Morgan fingerprint density at radius 1 is 1.56 bits per heavy atom. The highest BCUT2D eigenvalue weighted by atomic mass is 16.5. The Morgan fingerprint density at radius 2 is 2.31 bits per heavy atom. The third-order valence-corrected chi connectivity index (χ3v) is 3.02. The molecule has 1 heterocycles. The van der Waals surface area contributed by atoms with Gasteiger partial charge in [-0.3, -0.25) is 4.79 Å². The Morgan fingerprint density at radius 3 is 2.94 bits per heavy atom. The second-order valence-electron chi connectivity index (χ2n) is 4.06. The van der Waals surface area contributed by atoms with Crippen LogP contribution in [0, 0.1) is 6.92 Å². The standard InChI is InChI=1S/C12H15NO3/c1-7-3-9(16-2)4-8-6-13-11(12(14)15)5-10(7)8/h3-4,11,13H,5-6H2,1-2H3,(H,14,15). The normalized spacial score (nSPS) is 19.0. The highest BCUT2D eigenvalue weighted by molar-refractivity contribution is 5.74. The number of aryl methyl sites for hydroxylation is 1. The van der Waals surface area contributed by atoms with Gasteiger partial charge in [0.25, 0.3) is 0 Å². The van der Waals surface area contributed by atoms with Crippen LogP contribution in [0.25, 0.3) is 0 Å². The number of carboxylic acid groups (broad SMARTS) is 1. The second-order valence-corrected chi connectivity index (χ2v) is 4.06. The Kier molecular flexibility index (Phi) is 2.83. The molecule has 0 aliphatic carbocycles. The monoisotopic (exact) mass is 221 g/mol. The number of carboxylic acids is 1. The van der Waals surface area contributed by atoms with Crippen LogP contribution < -0.4 is 10.1 Å². The van der Waals surface area contributed by atoms with E-state index in [1.54, 1.807) is 7.11 Å². The molecule has 0 fully saturated rings. The fourth-order valence-electron chi connectivity index (χ4n) is 2.11. The average molecular weight is 221 g/mol. The molecule has 16 heavy (non-hydrogen) atoms. The predicted octanol–water partition coefficient (Wildman–Crippen LogP) is 1.10. The van der Waals surface area contributed by atoms with Crippen molar-refractivity contribution in [2.45, 2.75) is 25.9 Å². The molecule has 1 atom stereocenters. The molecule has 4 nitrogen and oxygen atoms in total. The number of methoxy groups -OCH3 is 1. The molecule has 1 aliphatic heterocycles. The van der Waals surface area contributed by atoms with E-state index >= 15 is 0 Å². The summed E-state index contributed by atoms with van der Waals surface area (Å²) in [5.41, 5.74) is 3.36. The number of rotatable bonds is 2. The van der Waals surface area contributed by atoms with Gasteiger partial charge in [0.2, 0.25) is 0 Å². The molecule has 0 saturated carbocycles. The van der Waals surface area contributed by atoms with Gasteiger partial charge in [-0.05, 0) is 42.2 Å². The summed E-state index contributed by atoms with van der Waals surface area (Å²) in [7, 11) is 1.64. The minimum Gasteiger partial charge on any atom is -0.497 e. The molecule has 0 aromatic heterocycles. The molecule has 0 saturated heterocycles. The SMILES string of the molecule is COc1cc(C)c2c(c1)CNC(C(=O)O)C2. The molecule has 4 heteroatoms. The van der Waals surface area contributed by atoms with Gasteiger partial charge in [0.1, 0.15) is 11.8 Å². The molecule has 1 aromatic rings. The first kappa shape index (κ1) is 11.0. The largest absolute Gasteiger partial charge is 0.497 e. The highest BCUT2D eigenvalue weighted by Gasteiger charge is 2.25. The lowest BCUT2D eigenvalue weighted by Crippen LogP contribution is -2.41. The van der Waals surface area contributed by atoms with Crippen molar-refractivity contribution in [2.75, 3.05) is 7.11 Å². The van der Waals surface area contributed by atoms with E-state index in [1.807, 2.05) is 19.1 Å². The van der Waals surface area contributed by atoms with Gasteiger partial charge in [0, 0.05) is 6.54 Å². The van der Waals surface area contributed by atoms with E-state index < -0.39 is 12.0 Å². The Balaban J connectivity index is 2.35. The molecule has 0 amide bonds. The lowest BCUT2D eigenvalue weighted by atomic mass is 9.92. The molecule has 1 aromatic carbocycles. The van der Waals surface area contributed by atoms with Crippen LogP contribution >= 0.6 is 0 Å². The van der Waals surface area contributed by atoms with Crippen molar-refractivity contribution in [3.8, 4) is 5.75 Å². The van der Waals surface area contributed by atoms with E-state index in [0.29, 0.717) is 13.0 Å². The Hall–Kier alpha value is -1.55. The topological polar surface area (TPSA) is 58.6 Å². The van der Waals surface area contributed by atoms with Crippen molar-refractivity contribution in [3.05, 3.63) is 28.8 Å². The molecule has 2 N–H and O–H groups in total. The summed E-state index contributed by atoms with van der Waals surface area (Å²) in [5.74, 6) is 0.0349. The fraction of sp³-hybridized carbons (Fsp3) is 0.417. The lowest BCUT2D eigenvalue weighted by Gasteiger charge is -2.25. The van der Waals surface area contributed by atoms with Crippen molar-refractivity contribution < 1.29 is 14.6 Å². The number of nitrogens with one attached hydrogen (secondary N) is 1. The quantitative estimate of drug-likeness (QED) is 0.785. The molecule has 2 rings (SSSR count). The third kappa shape index (κ3) is 1.88. The van der Waals surface area contributed by atoms with Crippen LogP contribution in [0.4, 0.5) is 0 Å². The molecule has 0 radical (unpaired) electrons. The summed E-state index contributed by atoms with van der Waals surface area (Å²) in [4.78, 5) is 10.9. The Bertz CT molecular complexity index is 429. The summed E-state index contributed by atoms with van der Waals surface area (Å²) in [6.07, 6.45) is 0.542. The van der Waals surface area contributed by atoms with Crippen molar-refractivity contribution in [1.29, 1.82) is 0 Å². The summed E-state index contributed by atoms with van der Waals surface area (Å²) in [6, 6.07) is 3.44. The number of hydrogen-bond acceptors (Lipinski definition) is 3. The molecule has 0 spiro atoms. The van der Waals surface area contributed by atoms with Crippen LogP contribution in [0.3, 0.4) is 0 Å². The van der Waals surface area contributed by atoms with Crippen LogP contribution in [0.2, 0.25) is 0 Å². The molecular formula is C12H15NO3. The minimum absolute atomic E-state index is 0.473. The smallest absolute Gasteiger partial charge is 0.321 e.